The van der Waals surface area contributed by atoms with Crippen LogP contribution in [0.3, 0.4) is 0 Å². The second kappa shape index (κ2) is 9.63. The number of thiazole rings is 1. The number of anilines is 1. The first kappa shape index (κ1) is 23.0. The van der Waals surface area contributed by atoms with Gasteiger partial charge in [-0.15, -0.1) is 35.3 Å². The smallest absolute Gasteiger partial charge is 0.233 e. The highest BCUT2D eigenvalue weighted by atomic mass is 127. The van der Waals surface area contributed by atoms with Crippen LogP contribution in [0.15, 0.2) is 22.5 Å². The van der Waals surface area contributed by atoms with Gasteiger partial charge in [-0.05, 0) is 25.2 Å². The van der Waals surface area contributed by atoms with E-state index in [1.165, 1.54) is 4.90 Å². The summed E-state index contributed by atoms with van der Waals surface area (Å²) in [6.45, 7) is 4.05. The minimum atomic E-state index is -0.130. The van der Waals surface area contributed by atoms with Gasteiger partial charge in [0.2, 0.25) is 11.8 Å². The van der Waals surface area contributed by atoms with Crippen LogP contribution in [0.2, 0.25) is 0 Å². The molecule has 0 aromatic carbocycles. The van der Waals surface area contributed by atoms with Crippen molar-refractivity contribution in [3.05, 3.63) is 23.2 Å². The van der Waals surface area contributed by atoms with E-state index in [2.05, 4.69) is 32.8 Å². The van der Waals surface area contributed by atoms with E-state index in [0.717, 1.165) is 23.8 Å². The fraction of sp³-hybridized carbons (Fsp3) is 0.600. The van der Waals surface area contributed by atoms with Crippen molar-refractivity contribution >= 4 is 58.2 Å². The Kier molecular flexibility index (Phi) is 7.38. The first-order chi connectivity index (χ1) is 14.0. The predicted molar refractivity (Wildman–Crippen MR) is 129 cm³/mol. The number of allylic oxidation sites excluding steroid dienone is 2. The summed E-state index contributed by atoms with van der Waals surface area (Å²) in [5.74, 6) is 0.906. The third-order valence-electron chi connectivity index (χ3n) is 5.86. The zero-order valence-electron chi connectivity index (χ0n) is 17.5. The summed E-state index contributed by atoms with van der Waals surface area (Å²) in [6, 6.07) is 0. The van der Waals surface area contributed by atoms with Crippen molar-refractivity contribution in [2.24, 2.45) is 28.7 Å². The SMILES string of the molecule is CCNC(=NCc1csc(N(C)C)n1)NCCN1C(=O)C2C3C=CC(C3)C2C1=O.I. The number of halogens is 1. The second-order valence-corrected chi connectivity index (χ2v) is 8.80. The zero-order chi connectivity index (χ0) is 20.5. The normalized spacial score (nSPS) is 26.8. The van der Waals surface area contributed by atoms with Crippen LogP contribution in [0.1, 0.15) is 19.0 Å². The van der Waals surface area contributed by atoms with E-state index in [1.807, 2.05) is 31.3 Å². The molecule has 2 heterocycles. The van der Waals surface area contributed by atoms with Crippen molar-refractivity contribution in [3.8, 4) is 0 Å². The van der Waals surface area contributed by atoms with E-state index >= 15 is 0 Å². The molecule has 30 heavy (non-hydrogen) atoms. The number of hydrogen-bond acceptors (Lipinski definition) is 6. The predicted octanol–water partition coefficient (Wildman–Crippen LogP) is 1.69. The molecule has 3 aliphatic rings. The third kappa shape index (κ3) is 4.34. The molecule has 0 radical (unpaired) electrons. The van der Waals surface area contributed by atoms with Crippen LogP contribution in [0.5, 0.6) is 0 Å². The number of nitrogens with one attached hydrogen (secondary N) is 2. The number of aromatic nitrogens is 1. The van der Waals surface area contributed by atoms with E-state index in [0.29, 0.717) is 25.6 Å². The molecule has 164 valence electrons. The van der Waals surface area contributed by atoms with Gasteiger partial charge in [0.1, 0.15) is 0 Å². The van der Waals surface area contributed by atoms with Crippen molar-refractivity contribution in [2.75, 3.05) is 38.6 Å². The molecule has 4 atom stereocenters. The number of nitrogens with zero attached hydrogens (tertiary/aromatic N) is 4. The number of imide groups is 1. The number of hydrogen-bond donors (Lipinski definition) is 2. The van der Waals surface area contributed by atoms with Gasteiger partial charge < -0.3 is 15.5 Å². The molecule has 2 amide bonds. The van der Waals surface area contributed by atoms with Crippen LogP contribution in [0, 0.1) is 23.7 Å². The van der Waals surface area contributed by atoms with Crippen LogP contribution in [-0.2, 0) is 16.1 Å². The van der Waals surface area contributed by atoms with Crippen molar-refractivity contribution in [1.29, 1.82) is 0 Å². The molecule has 4 rings (SSSR count). The number of carbonyl (C=O) groups is 2. The number of aliphatic imine (C=N–C) groups is 1. The van der Waals surface area contributed by atoms with Gasteiger partial charge in [0.25, 0.3) is 0 Å². The lowest BCUT2D eigenvalue weighted by atomic mass is 9.85. The van der Waals surface area contributed by atoms with Crippen LogP contribution >= 0.6 is 35.3 Å². The lowest BCUT2D eigenvalue weighted by molar-refractivity contribution is -0.140. The van der Waals surface area contributed by atoms with Gasteiger partial charge in [-0.25, -0.2) is 9.98 Å². The molecule has 0 spiro atoms. The summed E-state index contributed by atoms with van der Waals surface area (Å²) < 4.78 is 0. The largest absolute Gasteiger partial charge is 0.357 e. The quantitative estimate of drug-likeness (QED) is 0.179. The highest BCUT2D eigenvalue weighted by molar-refractivity contribution is 14.0. The molecule has 2 bridgehead atoms. The van der Waals surface area contributed by atoms with E-state index in [1.54, 1.807) is 11.3 Å². The topological polar surface area (TPSA) is 89.9 Å². The number of carbonyl (C=O) groups excluding carboxylic acids is 2. The standard InChI is InChI=1S/C20H28N6O2S.HI/c1-4-21-19(23-10-14-11-29-20(24-14)25(2)3)22-7-8-26-17(27)15-12-5-6-13(9-12)16(15)18(26)28;/h5-6,11-13,15-16H,4,7-10H2,1-3H3,(H2,21,22,23);1H. The Morgan fingerprint density at radius 1 is 1.23 bits per heavy atom. The van der Waals surface area contributed by atoms with Gasteiger partial charge in [-0.1, -0.05) is 12.2 Å². The maximum absolute atomic E-state index is 12.7. The molecule has 1 aromatic heterocycles. The van der Waals surface area contributed by atoms with Crippen molar-refractivity contribution < 1.29 is 9.59 Å². The molecule has 1 aliphatic heterocycles. The Bertz CT molecular complexity index is 824. The van der Waals surface area contributed by atoms with Gasteiger partial charge in [0.15, 0.2) is 11.1 Å². The van der Waals surface area contributed by atoms with E-state index in [-0.39, 0.29) is 59.5 Å². The van der Waals surface area contributed by atoms with E-state index in [4.69, 9.17) is 0 Å². The Morgan fingerprint density at radius 2 is 1.90 bits per heavy atom. The summed E-state index contributed by atoms with van der Waals surface area (Å²) in [5, 5.41) is 9.39. The first-order valence-electron chi connectivity index (χ1n) is 10.2. The average Bonchev–Trinajstić information content (AvgIpc) is 3.46. The molecule has 10 heteroatoms. The van der Waals surface area contributed by atoms with Crippen molar-refractivity contribution in [3.63, 3.8) is 0 Å². The number of likely N-dealkylation sites (tertiary alicyclic amines) is 1. The highest BCUT2D eigenvalue weighted by Gasteiger charge is 2.58. The number of fused-ring (bicyclic) bond motifs is 5. The minimum Gasteiger partial charge on any atom is -0.357 e. The van der Waals surface area contributed by atoms with Crippen LogP contribution < -0.4 is 15.5 Å². The number of amides is 2. The van der Waals surface area contributed by atoms with Gasteiger partial charge >= 0.3 is 0 Å². The van der Waals surface area contributed by atoms with Crippen LogP contribution in [-0.4, -0.2) is 61.4 Å². The summed E-state index contributed by atoms with van der Waals surface area (Å²) in [7, 11) is 3.93. The fourth-order valence-electron chi connectivity index (χ4n) is 4.55. The van der Waals surface area contributed by atoms with E-state index in [9.17, 15) is 9.59 Å². The fourth-order valence-corrected chi connectivity index (χ4v) is 5.30. The van der Waals surface area contributed by atoms with Crippen LogP contribution in [0.4, 0.5) is 5.13 Å². The average molecular weight is 544 g/mol. The molecule has 2 N–H and O–H groups in total. The minimum absolute atomic E-state index is 0. The molecule has 1 saturated heterocycles. The highest BCUT2D eigenvalue weighted by Crippen LogP contribution is 2.52. The maximum Gasteiger partial charge on any atom is 0.233 e. The summed E-state index contributed by atoms with van der Waals surface area (Å²) in [4.78, 5) is 38.0. The van der Waals surface area contributed by atoms with E-state index < -0.39 is 0 Å². The number of rotatable bonds is 7. The molecule has 1 aromatic rings. The Labute approximate surface area is 198 Å². The molecule has 8 nitrogen and oxygen atoms in total. The summed E-state index contributed by atoms with van der Waals surface area (Å²) in [5.41, 5.74) is 0.914. The van der Waals surface area contributed by atoms with Gasteiger partial charge in [-0.2, -0.15) is 0 Å². The molecule has 2 aliphatic carbocycles. The zero-order valence-corrected chi connectivity index (χ0v) is 20.6. The Morgan fingerprint density at radius 3 is 2.47 bits per heavy atom. The monoisotopic (exact) mass is 544 g/mol. The van der Waals surface area contributed by atoms with Crippen LogP contribution in [0.25, 0.3) is 0 Å². The molecule has 4 unspecified atom stereocenters. The molecular formula is C20H29IN6O2S. The van der Waals surface area contributed by atoms with Gasteiger partial charge in [0, 0.05) is 39.1 Å². The Hall–Kier alpha value is -1.69. The van der Waals surface area contributed by atoms with Gasteiger partial charge in [0.05, 0.1) is 24.1 Å². The number of guanidine groups is 1. The molecular weight excluding hydrogens is 515 g/mol. The lowest BCUT2D eigenvalue weighted by Gasteiger charge is -2.18. The van der Waals surface area contributed by atoms with Crippen molar-refractivity contribution in [2.45, 2.75) is 19.9 Å². The second-order valence-electron chi connectivity index (χ2n) is 7.97. The summed E-state index contributed by atoms with van der Waals surface area (Å²) in [6.07, 6.45) is 5.20. The first-order valence-corrected chi connectivity index (χ1v) is 11.0. The summed E-state index contributed by atoms with van der Waals surface area (Å²) >= 11 is 1.59. The van der Waals surface area contributed by atoms with Crippen molar-refractivity contribution in [1.82, 2.24) is 20.5 Å². The van der Waals surface area contributed by atoms with Gasteiger partial charge in [-0.3, -0.25) is 14.5 Å². The molecule has 2 fully saturated rings. The molecule has 1 saturated carbocycles. The third-order valence-corrected chi connectivity index (χ3v) is 6.91. The Balaban J connectivity index is 0.00000256. The maximum atomic E-state index is 12.7. The lowest BCUT2D eigenvalue weighted by Crippen LogP contribution is -2.43.